The molecule has 3 N–H and O–H groups in total. The first-order valence-corrected chi connectivity index (χ1v) is 7.51. The number of carbonyl (C=O) groups excluding carboxylic acids is 1. The van der Waals surface area contributed by atoms with E-state index in [1.165, 1.54) is 25.7 Å². The Balaban J connectivity index is 0.00000361. The van der Waals surface area contributed by atoms with E-state index in [1.54, 1.807) is 7.11 Å². The van der Waals surface area contributed by atoms with Gasteiger partial charge in [0.15, 0.2) is 0 Å². The minimum atomic E-state index is -0.374. The van der Waals surface area contributed by atoms with Gasteiger partial charge in [-0.1, -0.05) is 26.7 Å². The van der Waals surface area contributed by atoms with Gasteiger partial charge in [0.05, 0.1) is 6.04 Å². The molecular formula is C15H31ClN2O2. The van der Waals surface area contributed by atoms with Gasteiger partial charge >= 0.3 is 0 Å². The second-order valence-electron chi connectivity index (χ2n) is 6.40. The topological polar surface area (TPSA) is 64.3 Å². The zero-order valence-electron chi connectivity index (χ0n) is 13.1. The predicted octanol–water partition coefficient (Wildman–Crippen LogP) is 2.49. The Morgan fingerprint density at radius 3 is 2.45 bits per heavy atom. The van der Waals surface area contributed by atoms with Gasteiger partial charge in [0.1, 0.15) is 0 Å². The quantitative estimate of drug-likeness (QED) is 0.724. The lowest BCUT2D eigenvalue weighted by Crippen LogP contribution is -2.45. The van der Waals surface area contributed by atoms with Crippen molar-refractivity contribution < 1.29 is 9.53 Å². The van der Waals surface area contributed by atoms with Gasteiger partial charge in [-0.05, 0) is 37.0 Å². The van der Waals surface area contributed by atoms with E-state index >= 15 is 0 Å². The van der Waals surface area contributed by atoms with E-state index in [0.29, 0.717) is 5.92 Å². The summed E-state index contributed by atoms with van der Waals surface area (Å²) in [6.07, 6.45) is 6.68. The monoisotopic (exact) mass is 306 g/mol. The van der Waals surface area contributed by atoms with Crippen molar-refractivity contribution in [2.75, 3.05) is 20.3 Å². The number of ether oxygens (including phenoxy) is 1. The van der Waals surface area contributed by atoms with Gasteiger partial charge in [-0.25, -0.2) is 0 Å². The van der Waals surface area contributed by atoms with Gasteiger partial charge in [0.25, 0.3) is 0 Å². The normalized spacial score (nSPS) is 18.6. The van der Waals surface area contributed by atoms with Crippen molar-refractivity contribution in [3.63, 3.8) is 0 Å². The number of halogens is 1. The summed E-state index contributed by atoms with van der Waals surface area (Å²) in [6.45, 7) is 5.70. The van der Waals surface area contributed by atoms with Gasteiger partial charge < -0.3 is 15.8 Å². The average Bonchev–Trinajstić information content (AvgIpc) is 2.82. The molecule has 1 aliphatic carbocycles. The SMILES string of the molecule is COCCC1(CNC(=O)[C@@H](N)CC(C)C)CCCC1.Cl. The highest BCUT2D eigenvalue weighted by Crippen LogP contribution is 2.40. The summed E-state index contributed by atoms with van der Waals surface area (Å²) < 4.78 is 5.20. The number of rotatable bonds is 8. The second-order valence-corrected chi connectivity index (χ2v) is 6.40. The molecule has 120 valence electrons. The Morgan fingerprint density at radius 2 is 1.95 bits per heavy atom. The standard InChI is InChI=1S/C15H30N2O2.ClH/c1-12(2)10-13(16)14(18)17-11-15(8-9-19-3)6-4-5-7-15;/h12-13H,4-11,16H2,1-3H3,(H,17,18);1H/t13-;/m0./s1. The van der Waals surface area contributed by atoms with Crippen molar-refractivity contribution in [1.29, 1.82) is 0 Å². The smallest absolute Gasteiger partial charge is 0.236 e. The second kappa shape index (κ2) is 9.59. The fraction of sp³-hybridized carbons (Fsp3) is 0.933. The summed E-state index contributed by atoms with van der Waals surface area (Å²) in [4.78, 5) is 12.0. The molecule has 1 aliphatic rings. The molecule has 0 bridgehead atoms. The molecule has 0 aliphatic heterocycles. The predicted molar refractivity (Wildman–Crippen MR) is 85.1 cm³/mol. The molecule has 4 nitrogen and oxygen atoms in total. The number of carbonyl (C=O) groups is 1. The van der Waals surface area contributed by atoms with E-state index in [9.17, 15) is 4.79 Å². The molecule has 0 aromatic heterocycles. The van der Waals surface area contributed by atoms with Crippen molar-refractivity contribution in [3.05, 3.63) is 0 Å². The van der Waals surface area contributed by atoms with Gasteiger partial charge in [-0.2, -0.15) is 0 Å². The van der Waals surface area contributed by atoms with Crippen LogP contribution in [0.2, 0.25) is 0 Å². The number of nitrogens with two attached hydrogens (primary N) is 1. The molecule has 0 aromatic carbocycles. The molecule has 5 heteroatoms. The van der Waals surface area contributed by atoms with Gasteiger partial charge in [-0.15, -0.1) is 12.4 Å². The molecule has 0 unspecified atom stereocenters. The van der Waals surface area contributed by atoms with Crippen LogP contribution in [0.5, 0.6) is 0 Å². The summed E-state index contributed by atoms with van der Waals surface area (Å²) >= 11 is 0. The maximum absolute atomic E-state index is 12.0. The number of methoxy groups -OCH3 is 1. The van der Waals surface area contributed by atoms with E-state index in [1.807, 2.05) is 0 Å². The van der Waals surface area contributed by atoms with Gasteiger partial charge in [0.2, 0.25) is 5.91 Å². The molecule has 20 heavy (non-hydrogen) atoms. The van der Waals surface area contributed by atoms with Crippen LogP contribution in [0.25, 0.3) is 0 Å². The lowest BCUT2D eigenvalue weighted by atomic mass is 9.83. The Hall–Kier alpha value is -0.320. The zero-order chi connectivity index (χ0) is 14.3. The van der Waals surface area contributed by atoms with E-state index in [4.69, 9.17) is 10.5 Å². The lowest BCUT2D eigenvalue weighted by Gasteiger charge is -2.29. The molecule has 0 heterocycles. The fourth-order valence-corrected chi connectivity index (χ4v) is 2.98. The molecule has 0 saturated heterocycles. The first-order valence-electron chi connectivity index (χ1n) is 7.51. The van der Waals surface area contributed by atoms with E-state index < -0.39 is 0 Å². The van der Waals surface area contributed by atoms with Crippen LogP contribution in [-0.2, 0) is 9.53 Å². The molecule has 1 fully saturated rings. The van der Waals surface area contributed by atoms with E-state index in [0.717, 1.165) is 26.0 Å². The Bertz CT molecular complexity index is 279. The van der Waals surface area contributed by atoms with Crippen LogP contribution in [-0.4, -0.2) is 32.2 Å². The van der Waals surface area contributed by atoms with Crippen molar-refractivity contribution in [3.8, 4) is 0 Å². The number of amides is 1. The van der Waals surface area contributed by atoms with E-state index in [-0.39, 0.29) is 29.8 Å². The maximum Gasteiger partial charge on any atom is 0.236 e. The summed E-state index contributed by atoms with van der Waals surface area (Å²) in [7, 11) is 1.74. The minimum absolute atomic E-state index is 0. The third-order valence-corrected chi connectivity index (χ3v) is 4.20. The highest BCUT2D eigenvalue weighted by atomic mass is 35.5. The summed E-state index contributed by atoms with van der Waals surface area (Å²) in [5.41, 5.74) is 6.15. The van der Waals surface area contributed by atoms with Gasteiger partial charge in [-0.3, -0.25) is 4.79 Å². The van der Waals surface area contributed by atoms with Crippen LogP contribution in [0.4, 0.5) is 0 Å². The summed E-state index contributed by atoms with van der Waals surface area (Å²) in [5.74, 6) is 0.451. The number of hydrogen-bond donors (Lipinski definition) is 2. The Labute approximate surface area is 129 Å². The molecule has 1 saturated carbocycles. The van der Waals surface area contributed by atoms with Crippen LogP contribution in [0, 0.1) is 11.3 Å². The van der Waals surface area contributed by atoms with Crippen LogP contribution in [0.15, 0.2) is 0 Å². The zero-order valence-corrected chi connectivity index (χ0v) is 13.9. The van der Waals surface area contributed by atoms with Crippen LogP contribution < -0.4 is 11.1 Å². The lowest BCUT2D eigenvalue weighted by molar-refractivity contribution is -0.123. The van der Waals surface area contributed by atoms with Crippen LogP contribution in [0.1, 0.15) is 52.4 Å². The van der Waals surface area contributed by atoms with Crippen molar-refractivity contribution in [1.82, 2.24) is 5.32 Å². The maximum atomic E-state index is 12.0. The summed E-state index contributed by atoms with van der Waals surface area (Å²) in [5, 5.41) is 3.06. The third kappa shape index (κ3) is 6.42. The van der Waals surface area contributed by atoms with Crippen LogP contribution >= 0.6 is 12.4 Å². The highest BCUT2D eigenvalue weighted by molar-refractivity contribution is 5.85. The first kappa shape index (κ1) is 19.7. The Morgan fingerprint density at radius 1 is 1.35 bits per heavy atom. The summed E-state index contributed by atoms with van der Waals surface area (Å²) in [6, 6.07) is -0.374. The molecule has 0 spiro atoms. The minimum Gasteiger partial charge on any atom is -0.385 e. The van der Waals surface area contributed by atoms with Crippen molar-refractivity contribution in [2.24, 2.45) is 17.1 Å². The van der Waals surface area contributed by atoms with E-state index in [2.05, 4.69) is 19.2 Å². The first-order chi connectivity index (χ1) is 8.99. The molecule has 0 aromatic rings. The molecule has 1 amide bonds. The molecule has 1 rings (SSSR count). The number of hydrogen-bond acceptors (Lipinski definition) is 3. The van der Waals surface area contributed by atoms with Crippen LogP contribution in [0.3, 0.4) is 0 Å². The fourth-order valence-electron chi connectivity index (χ4n) is 2.98. The van der Waals surface area contributed by atoms with Gasteiger partial charge in [0, 0.05) is 20.3 Å². The highest BCUT2D eigenvalue weighted by Gasteiger charge is 2.34. The van der Waals surface area contributed by atoms with Crippen molar-refractivity contribution in [2.45, 2.75) is 58.4 Å². The average molecular weight is 307 g/mol. The Kier molecular flexibility index (Phi) is 9.43. The molecule has 1 atom stereocenters. The molecule has 0 radical (unpaired) electrons. The largest absolute Gasteiger partial charge is 0.385 e. The van der Waals surface area contributed by atoms with Crippen molar-refractivity contribution >= 4 is 18.3 Å². The molecular weight excluding hydrogens is 276 g/mol. The number of nitrogens with one attached hydrogen (secondary N) is 1. The third-order valence-electron chi connectivity index (χ3n) is 4.20.